The number of aromatic nitrogens is 4. The molecule has 0 aliphatic rings. The summed E-state index contributed by atoms with van der Waals surface area (Å²) in [5, 5.41) is 7.80. The Kier molecular flexibility index (Phi) is 4.43. The summed E-state index contributed by atoms with van der Waals surface area (Å²) in [5.41, 5.74) is 0.359. The SMILES string of the molecule is CCN(C(=O)n1nnn(-c2ccccc2Cl)c1=O)c1ccccc1. The first-order valence-corrected chi connectivity index (χ1v) is 7.68. The Morgan fingerprint density at radius 1 is 1.08 bits per heavy atom. The van der Waals surface area contributed by atoms with E-state index in [0.717, 1.165) is 9.36 Å². The highest BCUT2D eigenvalue weighted by Crippen LogP contribution is 2.17. The number of hydrogen-bond acceptors (Lipinski definition) is 4. The van der Waals surface area contributed by atoms with Gasteiger partial charge >= 0.3 is 11.7 Å². The van der Waals surface area contributed by atoms with Gasteiger partial charge in [-0.2, -0.15) is 4.68 Å². The normalized spacial score (nSPS) is 10.6. The van der Waals surface area contributed by atoms with Gasteiger partial charge in [-0.3, -0.25) is 4.90 Å². The lowest BCUT2D eigenvalue weighted by Crippen LogP contribution is -2.41. The van der Waals surface area contributed by atoms with E-state index in [-0.39, 0.29) is 0 Å². The molecule has 0 radical (unpaired) electrons. The van der Waals surface area contributed by atoms with Gasteiger partial charge in [-0.05, 0) is 41.6 Å². The number of hydrogen-bond donors (Lipinski definition) is 0. The zero-order valence-corrected chi connectivity index (χ0v) is 13.6. The summed E-state index contributed by atoms with van der Waals surface area (Å²) in [4.78, 5) is 26.6. The first-order valence-electron chi connectivity index (χ1n) is 7.30. The number of nitrogens with zero attached hydrogens (tertiary/aromatic N) is 5. The fourth-order valence-electron chi connectivity index (χ4n) is 2.29. The van der Waals surface area contributed by atoms with E-state index in [4.69, 9.17) is 11.6 Å². The van der Waals surface area contributed by atoms with Gasteiger partial charge in [0.25, 0.3) is 0 Å². The van der Waals surface area contributed by atoms with Crippen molar-refractivity contribution in [3.63, 3.8) is 0 Å². The van der Waals surface area contributed by atoms with Crippen molar-refractivity contribution < 1.29 is 4.79 Å². The van der Waals surface area contributed by atoms with Crippen LogP contribution < -0.4 is 10.6 Å². The smallest absolute Gasteiger partial charge is 0.293 e. The number of carbonyl (C=O) groups excluding carboxylic acids is 1. The third-order valence-electron chi connectivity index (χ3n) is 3.46. The maximum Gasteiger partial charge on any atom is 0.377 e. The summed E-state index contributed by atoms with van der Waals surface area (Å²) in [6.07, 6.45) is 0. The van der Waals surface area contributed by atoms with Crippen LogP contribution in [0.2, 0.25) is 5.02 Å². The van der Waals surface area contributed by atoms with Gasteiger partial charge in [0.15, 0.2) is 0 Å². The van der Waals surface area contributed by atoms with E-state index in [2.05, 4.69) is 10.4 Å². The lowest BCUT2D eigenvalue weighted by molar-refractivity contribution is 0.244. The molecule has 0 bridgehead atoms. The Hall–Kier alpha value is -2.93. The monoisotopic (exact) mass is 343 g/mol. The molecule has 1 aromatic heterocycles. The van der Waals surface area contributed by atoms with Crippen LogP contribution in [0.5, 0.6) is 0 Å². The van der Waals surface area contributed by atoms with E-state index in [1.807, 2.05) is 25.1 Å². The van der Waals surface area contributed by atoms with Crippen molar-refractivity contribution in [2.45, 2.75) is 6.92 Å². The zero-order valence-electron chi connectivity index (χ0n) is 12.8. The average Bonchev–Trinajstić information content (AvgIpc) is 2.98. The molecule has 0 aliphatic carbocycles. The Morgan fingerprint density at radius 3 is 2.42 bits per heavy atom. The molecule has 1 heterocycles. The lowest BCUT2D eigenvalue weighted by atomic mass is 10.3. The first-order chi connectivity index (χ1) is 11.6. The molecule has 0 fully saturated rings. The highest BCUT2D eigenvalue weighted by atomic mass is 35.5. The van der Waals surface area contributed by atoms with Crippen LogP contribution in [0.4, 0.5) is 10.5 Å². The minimum Gasteiger partial charge on any atom is -0.293 e. The fraction of sp³-hybridized carbons (Fsp3) is 0.125. The molecule has 0 spiro atoms. The van der Waals surface area contributed by atoms with Gasteiger partial charge in [0, 0.05) is 12.2 Å². The molecule has 0 saturated heterocycles. The minimum absolute atomic E-state index is 0.342. The molecule has 3 rings (SSSR count). The van der Waals surface area contributed by atoms with E-state index in [1.54, 1.807) is 36.4 Å². The van der Waals surface area contributed by atoms with E-state index in [1.165, 1.54) is 4.90 Å². The summed E-state index contributed by atoms with van der Waals surface area (Å²) in [6, 6.07) is 15.2. The van der Waals surface area contributed by atoms with Crippen LogP contribution in [0, 0.1) is 0 Å². The molecule has 3 aromatic rings. The van der Waals surface area contributed by atoms with Crippen LogP contribution in [0.3, 0.4) is 0 Å². The Bertz CT molecular complexity index is 919. The number of amides is 1. The van der Waals surface area contributed by atoms with Crippen LogP contribution in [0.15, 0.2) is 59.4 Å². The summed E-state index contributed by atoms with van der Waals surface area (Å²) < 4.78 is 1.72. The molecule has 122 valence electrons. The maximum atomic E-state index is 12.7. The van der Waals surface area contributed by atoms with Crippen molar-refractivity contribution in [1.82, 2.24) is 19.8 Å². The van der Waals surface area contributed by atoms with Crippen molar-refractivity contribution in [2.24, 2.45) is 0 Å². The van der Waals surface area contributed by atoms with Crippen molar-refractivity contribution in [2.75, 3.05) is 11.4 Å². The van der Waals surface area contributed by atoms with Gasteiger partial charge in [0.05, 0.1) is 10.7 Å². The first kappa shape index (κ1) is 15.9. The quantitative estimate of drug-likeness (QED) is 0.685. The molecule has 8 heteroatoms. The van der Waals surface area contributed by atoms with Gasteiger partial charge < -0.3 is 0 Å². The van der Waals surface area contributed by atoms with Crippen molar-refractivity contribution in [1.29, 1.82) is 0 Å². The molecule has 7 nitrogen and oxygen atoms in total. The predicted octanol–water partition coefficient (Wildman–Crippen LogP) is 2.58. The molecule has 0 unspecified atom stereocenters. The van der Waals surface area contributed by atoms with E-state index in [9.17, 15) is 9.59 Å². The predicted molar refractivity (Wildman–Crippen MR) is 90.9 cm³/mol. The third kappa shape index (κ3) is 2.81. The summed E-state index contributed by atoms with van der Waals surface area (Å²) in [6.45, 7) is 2.20. The Morgan fingerprint density at radius 2 is 1.75 bits per heavy atom. The molecule has 0 saturated carbocycles. The third-order valence-corrected chi connectivity index (χ3v) is 3.78. The van der Waals surface area contributed by atoms with E-state index in [0.29, 0.717) is 22.9 Å². The van der Waals surface area contributed by atoms with Crippen LogP contribution in [0.1, 0.15) is 6.92 Å². The minimum atomic E-state index is -0.678. The van der Waals surface area contributed by atoms with Crippen LogP contribution >= 0.6 is 11.6 Å². The van der Waals surface area contributed by atoms with Gasteiger partial charge in [0.2, 0.25) is 0 Å². The standard InChI is InChI=1S/C16H14ClN5O2/c1-2-20(12-8-4-3-5-9-12)15(23)22-16(24)21(18-19-22)14-11-7-6-10-13(14)17/h3-11H,2H2,1H3. The van der Waals surface area contributed by atoms with Gasteiger partial charge in [-0.15, -0.1) is 4.68 Å². The average molecular weight is 344 g/mol. The molecule has 2 aromatic carbocycles. The number of halogens is 1. The number of anilines is 1. The number of para-hydroxylation sites is 2. The van der Waals surface area contributed by atoms with Gasteiger partial charge in [-0.25, -0.2) is 9.59 Å². The Balaban J connectivity index is 2.01. The van der Waals surface area contributed by atoms with Crippen molar-refractivity contribution in [3.8, 4) is 5.69 Å². The summed E-state index contributed by atoms with van der Waals surface area (Å²) >= 11 is 6.07. The van der Waals surface area contributed by atoms with Gasteiger partial charge in [0.1, 0.15) is 0 Å². The van der Waals surface area contributed by atoms with Crippen LogP contribution in [-0.4, -0.2) is 32.4 Å². The van der Waals surface area contributed by atoms with Crippen LogP contribution in [0.25, 0.3) is 5.69 Å². The number of benzene rings is 2. The van der Waals surface area contributed by atoms with Crippen molar-refractivity contribution in [3.05, 3.63) is 70.1 Å². The lowest BCUT2D eigenvalue weighted by Gasteiger charge is -2.19. The Labute approximate surface area is 142 Å². The molecular weight excluding hydrogens is 330 g/mol. The van der Waals surface area contributed by atoms with Crippen LogP contribution in [-0.2, 0) is 0 Å². The zero-order chi connectivity index (χ0) is 17.1. The molecule has 1 amide bonds. The largest absolute Gasteiger partial charge is 0.377 e. The summed E-state index contributed by atoms with van der Waals surface area (Å²) in [5.74, 6) is 0. The molecule has 0 atom stereocenters. The second kappa shape index (κ2) is 6.67. The highest BCUT2D eigenvalue weighted by molar-refractivity contribution is 6.32. The number of rotatable bonds is 3. The maximum absolute atomic E-state index is 12.7. The summed E-state index contributed by atoms with van der Waals surface area (Å²) in [7, 11) is 0. The van der Waals surface area contributed by atoms with E-state index < -0.39 is 11.7 Å². The fourth-order valence-corrected chi connectivity index (χ4v) is 2.51. The topological polar surface area (TPSA) is 73.0 Å². The molecule has 24 heavy (non-hydrogen) atoms. The highest BCUT2D eigenvalue weighted by Gasteiger charge is 2.22. The number of tetrazole rings is 1. The second-order valence-electron chi connectivity index (χ2n) is 4.90. The number of carbonyl (C=O) groups is 1. The van der Waals surface area contributed by atoms with Gasteiger partial charge in [-0.1, -0.05) is 41.9 Å². The molecule has 0 aliphatic heterocycles. The second-order valence-corrected chi connectivity index (χ2v) is 5.31. The molecular formula is C16H14ClN5O2. The molecule has 0 N–H and O–H groups in total. The van der Waals surface area contributed by atoms with Crippen molar-refractivity contribution >= 4 is 23.3 Å². The van der Waals surface area contributed by atoms with E-state index >= 15 is 0 Å².